The number of carbonyl (C=O) groups is 1. The first-order valence-electron chi connectivity index (χ1n) is 7.78. The van der Waals surface area contributed by atoms with E-state index in [4.69, 9.17) is 26.2 Å². The van der Waals surface area contributed by atoms with E-state index in [0.717, 1.165) is 19.5 Å². The van der Waals surface area contributed by atoms with Gasteiger partial charge in [-0.25, -0.2) is 9.78 Å². The lowest BCUT2D eigenvalue weighted by Crippen LogP contribution is -2.23. The van der Waals surface area contributed by atoms with Crippen molar-refractivity contribution >= 4 is 23.5 Å². The predicted octanol–water partition coefficient (Wildman–Crippen LogP) is 3.33. The van der Waals surface area contributed by atoms with Crippen molar-refractivity contribution < 1.29 is 27.8 Å². The van der Waals surface area contributed by atoms with Gasteiger partial charge in [-0.2, -0.15) is 18.2 Å². The highest BCUT2D eigenvalue weighted by atomic mass is 35.5. The summed E-state index contributed by atoms with van der Waals surface area (Å²) in [5, 5.41) is 14.1. The number of hydrogen-bond donors (Lipinski definition) is 3. The van der Waals surface area contributed by atoms with Crippen LogP contribution in [0.3, 0.4) is 0 Å². The lowest BCUT2D eigenvalue weighted by molar-refractivity contribution is -0.192. The molecule has 0 bridgehead atoms. The molecule has 146 valence electrons. The third kappa shape index (κ3) is 6.91. The quantitative estimate of drug-likeness (QED) is 0.719. The average molecular weight is 405 g/mol. The van der Waals surface area contributed by atoms with Gasteiger partial charge in [-0.05, 0) is 25.1 Å². The fourth-order valence-corrected chi connectivity index (χ4v) is 2.18. The first-order valence-corrected chi connectivity index (χ1v) is 8.16. The summed E-state index contributed by atoms with van der Waals surface area (Å²) in [6.45, 7) is 1.93. The van der Waals surface area contributed by atoms with Crippen molar-refractivity contribution in [2.45, 2.75) is 18.6 Å². The van der Waals surface area contributed by atoms with Crippen LogP contribution in [0.25, 0.3) is 0 Å². The molecule has 11 heteroatoms. The van der Waals surface area contributed by atoms with E-state index in [1.165, 1.54) is 0 Å². The average Bonchev–Trinajstić information content (AvgIpc) is 3.11. The van der Waals surface area contributed by atoms with Crippen molar-refractivity contribution in [3.05, 3.63) is 41.6 Å². The molecule has 7 nitrogen and oxygen atoms in total. The fraction of sp³-hybridized carbons (Fsp3) is 0.312. The molecule has 0 aliphatic carbocycles. The van der Waals surface area contributed by atoms with Gasteiger partial charge in [0, 0.05) is 12.6 Å². The number of carboxylic acid groups (broad SMARTS) is 1. The molecule has 1 fully saturated rings. The van der Waals surface area contributed by atoms with Crippen molar-refractivity contribution in [3.8, 4) is 11.6 Å². The molecule has 1 aromatic heterocycles. The van der Waals surface area contributed by atoms with Crippen molar-refractivity contribution in [2.75, 3.05) is 18.4 Å². The number of aromatic nitrogens is 2. The Morgan fingerprint density at radius 2 is 2.00 bits per heavy atom. The minimum absolute atomic E-state index is 0.348. The first kappa shape index (κ1) is 20.7. The van der Waals surface area contributed by atoms with Gasteiger partial charge >= 0.3 is 12.1 Å². The van der Waals surface area contributed by atoms with E-state index >= 15 is 0 Å². The number of benzene rings is 1. The van der Waals surface area contributed by atoms with Crippen molar-refractivity contribution in [1.82, 2.24) is 15.3 Å². The maximum absolute atomic E-state index is 10.6. The molecular formula is C16H16ClF3N4O3. The summed E-state index contributed by atoms with van der Waals surface area (Å²) in [7, 11) is 0. The van der Waals surface area contributed by atoms with Crippen molar-refractivity contribution in [1.29, 1.82) is 0 Å². The van der Waals surface area contributed by atoms with Gasteiger partial charge in [-0.1, -0.05) is 29.8 Å². The summed E-state index contributed by atoms with van der Waals surface area (Å²) >= 11 is 6.07. The number of para-hydroxylation sites is 1. The van der Waals surface area contributed by atoms with Crippen LogP contribution in [0.1, 0.15) is 6.42 Å². The van der Waals surface area contributed by atoms with E-state index in [0.29, 0.717) is 28.6 Å². The normalized spacial score (nSPS) is 16.2. The Morgan fingerprint density at radius 3 is 2.56 bits per heavy atom. The van der Waals surface area contributed by atoms with Crippen molar-refractivity contribution in [3.63, 3.8) is 0 Å². The predicted molar refractivity (Wildman–Crippen MR) is 92.1 cm³/mol. The van der Waals surface area contributed by atoms with Crippen LogP contribution in [-0.2, 0) is 4.79 Å². The summed E-state index contributed by atoms with van der Waals surface area (Å²) in [5.41, 5.74) is 0. The van der Waals surface area contributed by atoms with Gasteiger partial charge < -0.3 is 20.5 Å². The Morgan fingerprint density at radius 1 is 1.33 bits per heavy atom. The summed E-state index contributed by atoms with van der Waals surface area (Å²) in [4.78, 5) is 17.4. The number of nitrogens with one attached hydrogen (secondary N) is 2. The fourth-order valence-electron chi connectivity index (χ4n) is 2.05. The number of ether oxygens (including phenoxy) is 1. The number of carboxylic acids is 1. The lowest BCUT2D eigenvalue weighted by atomic mass is 10.3. The maximum atomic E-state index is 10.6. The molecule has 1 aromatic carbocycles. The molecule has 0 spiro atoms. The highest BCUT2D eigenvalue weighted by Crippen LogP contribution is 2.27. The van der Waals surface area contributed by atoms with Crippen LogP contribution in [0.2, 0.25) is 5.02 Å². The van der Waals surface area contributed by atoms with Gasteiger partial charge in [0.1, 0.15) is 10.8 Å². The van der Waals surface area contributed by atoms with E-state index in [1.807, 2.05) is 30.3 Å². The van der Waals surface area contributed by atoms with E-state index in [9.17, 15) is 13.2 Å². The van der Waals surface area contributed by atoms with Crippen LogP contribution in [0.5, 0.6) is 11.6 Å². The second kappa shape index (κ2) is 9.38. The van der Waals surface area contributed by atoms with Crippen LogP contribution >= 0.6 is 11.6 Å². The number of aliphatic carboxylic acids is 1. The Bertz CT molecular complexity index is 756. The van der Waals surface area contributed by atoms with Crippen LogP contribution in [0.15, 0.2) is 36.5 Å². The summed E-state index contributed by atoms with van der Waals surface area (Å²) in [6.07, 6.45) is -2.47. The smallest absolute Gasteiger partial charge is 0.475 e. The highest BCUT2D eigenvalue weighted by Gasteiger charge is 2.38. The second-order valence-electron chi connectivity index (χ2n) is 5.40. The maximum Gasteiger partial charge on any atom is 0.490 e. The molecule has 0 unspecified atom stereocenters. The Labute approximate surface area is 157 Å². The molecule has 1 aliphatic heterocycles. The second-order valence-corrected chi connectivity index (χ2v) is 5.81. The van der Waals surface area contributed by atoms with E-state index in [1.54, 1.807) is 6.20 Å². The molecule has 2 aromatic rings. The topological polar surface area (TPSA) is 96.4 Å². The third-order valence-corrected chi connectivity index (χ3v) is 3.56. The van der Waals surface area contributed by atoms with E-state index in [2.05, 4.69) is 20.6 Å². The molecule has 1 saturated heterocycles. The summed E-state index contributed by atoms with van der Waals surface area (Å²) < 4.78 is 37.4. The van der Waals surface area contributed by atoms with Crippen molar-refractivity contribution in [2.24, 2.45) is 0 Å². The molecule has 0 amide bonds. The van der Waals surface area contributed by atoms with Gasteiger partial charge in [-0.15, -0.1) is 0 Å². The van der Waals surface area contributed by atoms with E-state index < -0.39 is 12.1 Å². The molecular weight excluding hydrogens is 389 g/mol. The molecule has 2 heterocycles. The van der Waals surface area contributed by atoms with Gasteiger partial charge in [0.05, 0.1) is 6.20 Å². The number of rotatable bonds is 4. The molecule has 27 heavy (non-hydrogen) atoms. The van der Waals surface area contributed by atoms with Gasteiger partial charge in [0.2, 0.25) is 11.8 Å². The zero-order valence-electron chi connectivity index (χ0n) is 13.8. The lowest BCUT2D eigenvalue weighted by Gasteiger charge is -2.12. The number of alkyl halides is 3. The molecule has 0 radical (unpaired) electrons. The largest absolute Gasteiger partial charge is 0.490 e. The van der Waals surface area contributed by atoms with Gasteiger partial charge in [0.15, 0.2) is 0 Å². The van der Waals surface area contributed by atoms with E-state index in [-0.39, 0.29) is 0 Å². The third-order valence-electron chi connectivity index (χ3n) is 3.31. The number of halogens is 4. The number of hydrogen-bond acceptors (Lipinski definition) is 6. The number of nitrogens with zero attached hydrogens (tertiary/aromatic N) is 2. The SMILES string of the molecule is Clc1cnc(N[C@@H]2CCNC2)nc1Oc1ccccc1.O=C(O)C(F)(F)F. The monoisotopic (exact) mass is 404 g/mol. The van der Waals surface area contributed by atoms with Crippen LogP contribution < -0.4 is 15.4 Å². The minimum atomic E-state index is -5.08. The van der Waals surface area contributed by atoms with Gasteiger partial charge in [0.25, 0.3) is 0 Å². The molecule has 0 saturated carbocycles. The Kier molecular flexibility index (Phi) is 7.19. The summed E-state index contributed by atoms with van der Waals surface area (Å²) in [5.74, 6) is -1.16. The van der Waals surface area contributed by atoms with Crippen LogP contribution in [0, 0.1) is 0 Å². The molecule has 3 N–H and O–H groups in total. The standard InChI is InChI=1S/C14H15ClN4O.C2HF3O2/c15-12-9-17-14(18-10-6-7-16-8-10)19-13(12)20-11-4-2-1-3-5-11;3-2(4,5)1(6)7/h1-5,9-10,16H,6-8H2,(H,17,18,19);(H,6,7)/t10-;/m1./s1. The van der Waals surface area contributed by atoms with Crippen LogP contribution in [-0.4, -0.2) is 46.4 Å². The summed E-state index contributed by atoms with van der Waals surface area (Å²) in [6, 6.07) is 9.77. The Hall–Kier alpha value is -2.59. The highest BCUT2D eigenvalue weighted by molar-refractivity contribution is 6.31. The molecule has 1 atom stereocenters. The molecule has 1 aliphatic rings. The van der Waals surface area contributed by atoms with Crippen LogP contribution in [0.4, 0.5) is 19.1 Å². The van der Waals surface area contributed by atoms with Gasteiger partial charge in [-0.3, -0.25) is 0 Å². The molecule has 3 rings (SSSR count). The minimum Gasteiger partial charge on any atom is -0.475 e. The zero-order chi connectivity index (χ0) is 19.9. The first-order chi connectivity index (χ1) is 12.8. The Balaban J connectivity index is 0.000000321. The zero-order valence-corrected chi connectivity index (χ0v) is 14.6. The number of anilines is 1.